The molecule has 4 heterocycles. The maximum Gasteiger partial charge on any atom is 0.259 e. The number of imidazole rings is 1. The SMILES string of the molecule is COc1cccc2[nH]c(=O)c(-c3nc4c([nH]3)CN(C(=O)CN3CCN(C)CC3)CC4)cc12. The number of pyridine rings is 1. The van der Waals surface area contributed by atoms with E-state index in [4.69, 9.17) is 9.72 Å². The van der Waals surface area contributed by atoms with Crippen LogP contribution in [0.5, 0.6) is 5.75 Å². The van der Waals surface area contributed by atoms with Crippen LogP contribution in [0.25, 0.3) is 22.3 Å². The van der Waals surface area contributed by atoms with Crippen molar-refractivity contribution >= 4 is 16.8 Å². The Morgan fingerprint density at radius 3 is 2.75 bits per heavy atom. The van der Waals surface area contributed by atoms with Gasteiger partial charge in [0.2, 0.25) is 5.91 Å². The first-order valence-electron chi connectivity index (χ1n) is 11.0. The minimum absolute atomic E-state index is 0.143. The number of aromatic nitrogens is 3. The molecule has 0 radical (unpaired) electrons. The van der Waals surface area contributed by atoms with Crippen molar-refractivity contribution in [3.63, 3.8) is 0 Å². The second-order valence-corrected chi connectivity index (χ2v) is 8.59. The lowest BCUT2D eigenvalue weighted by Crippen LogP contribution is -2.49. The molecule has 3 aromatic rings. The molecule has 2 aliphatic rings. The van der Waals surface area contributed by atoms with Crippen molar-refractivity contribution < 1.29 is 9.53 Å². The van der Waals surface area contributed by atoms with Crippen molar-refractivity contribution in [2.45, 2.75) is 13.0 Å². The van der Waals surface area contributed by atoms with Crippen LogP contribution in [0.3, 0.4) is 0 Å². The fourth-order valence-corrected chi connectivity index (χ4v) is 4.49. The monoisotopic (exact) mass is 436 g/mol. The summed E-state index contributed by atoms with van der Waals surface area (Å²) in [5.41, 5.74) is 2.79. The third-order valence-corrected chi connectivity index (χ3v) is 6.46. The van der Waals surface area contributed by atoms with Gasteiger partial charge in [-0.15, -0.1) is 0 Å². The van der Waals surface area contributed by atoms with E-state index in [-0.39, 0.29) is 11.5 Å². The van der Waals surface area contributed by atoms with E-state index in [2.05, 4.69) is 26.8 Å². The first kappa shape index (κ1) is 20.7. The molecule has 2 aromatic heterocycles. The molecule has 5 rings (SSSR count). The van der Waals surface area contributed by atoms with Gasteiger partial charge in [0.25, 0.3) is 5.56 Å². The molecule has 9 nitrogen and oxygen atoms in total. The first-order valence-corrected chi connectivity index (χ1v) is 11.0. The fraction of sp³-hybridized carbons (Fsp3) is 0.435. The molecular weight excluding hydrogens is 408 g/mol. The van der Waals surface area contributed by atoms with Gasteiger partial charge in [-0.25, -0.2) is 4.98 Å². The second-order valence-electron chi connectivity index (χ2n) is 8.59. The number of carbonyl (C=O) groups excluding carboxylic acids is 1. The number of benzene rings is 1. The van der Waals surface area contributed by atoms with Gasteiger partial charge in [0, 0.05) is 44.5 Å². The number of carbonyl (C=O) groups is 1. The average Bonchev–Trinajstić information content (AvgIpc) is 3.22. The molecule has 0 bridgehead atoms. The summed E-state index contributed by atoms with van der Waals surface area (Å²) >= 11 is 0. The Morgan fingerprint density at radius 2 is 1.97 bits per heavy atom. The molecule has 0 spiro atoms. The van der Waals surface area contributed by atoms with Crippen molar-refractivity contribution in [1.82, 2.24) is 29.7 Å². The van der Waals surface area contributed by atoms with E-state index < -0.39 is 0 Å². The summed E-state index contributed by atoms with van der Waals surface area (Å²) < 4.78 is 5.44. The summed E-state index contributed by atoms with van der Waals surface area (Å²) in [6, 6.07) is 7.37. The normalized spacial score (nSPS) is 17.5. The van der Waals surface area contributed by atoms with Crippen LogP contribution < -0.4 is 10.3 Å². The van der Waals surface area contributed by atoms with Crippen LogP contribution >= 0.6 is 0 Å². The third-order valence-electron chi connectivity index (χ3n) is 6.46. The number of piperazine rings is 1. The van der Waals surface area contributed by atoms with E-state index in [1.807, 2.05) is 29.2 Å². The van der Waals surface area contributed by atoms with Crippen molar-refractivity contribution in [3.8, 4) is 17.1 Å². The molecule has 1 aromatic carbocycles. The van der Waals surface area contributed by atoms with Gasteiger partial charge in [-0.05, 0) is 25.2 Å². The lowest BCUT2D eigenvalue weighted by atomic mass is 10.1. The first-order chi connectivity index (χ1) is 15.5. The number of nitrogens with one attached hydrogen (secondary N) is 2. The lowest BCUT2D eigenvalue weighted by Gasteiger charge is -2.34. The lowest BCUT2D eigenvalue weighted by molar-refractivity contribution is -0.133. The number of H-pyrrole nitrogens is 2. The number of hydrogen-bond acceptors (Lipinski definition) is 6. The highest BCUT2D eigenvalue weighted by atomic mass is 16.5. The predicted molar refractivity (Wildman–Crippen MR) is 122 cm³/mol. The minimum atomic E-state index is -0.208. The summed E-state index contributed by atoms with van der Waals surface area (Å²) in [6.07, 6.45) is 0.676. The molecular formula is C23H28N6O3. The zero-order chi connectivity index (χ0) is 22.2. The highest BCUT2D eigenvalue weighted by Crippen LogP contribution is 2.27. The van der Waals surface area contributed by atoms with E-state index in [1.54, 1.807) is 7.11 Å². The summed E-state index contributed by atoms with van der Waals surface area (Å²) in [5, 5.41) is 0.822. The Labute approximate surface area is 186 Å². The molecule has 1 saturated heterocycles. The molecule has 0 aliphatic carbocycles. The fourth-order valence-electron chi connectivity index (χ4n) is 4.49. The van der Waals surface area contributed by atoms with Gasteiger partial charge >= 0.3 is 0 Å². The van der Waals surface area contributed by atoms with Crippen LogP contribution in [0.4, 0.5) is 0 Å². The number of nitrogens with zero attached hydrogens (tertiary/aromatic N) is 4. The van der Waals surface area contributed by atoms with E-state index in [1.165, 1.54) is 0 Å². The molecule has 2 aliphatic heterocycles. The number of likely N-dealkylation sites (N-methyl/N-ethyl adjacent to an activating group) is 1. The van der Waals surface area contributed by atoms with Gasteiger partial charge in [0.1, 0.15) is 11.6 Å². The number of aromatic amines is 2. The van der Waals surface area contributed by atoms with Gasteiger partial charge < -0.3 is 24.5 Å². The highest BCUT2D eigenvalue weighted by Gasteiger charge is 2.26. The highest BCUT2D eigenvalue weighted by molar-refractivity contribution is 5.88. The summed E-state index contributed by atoms with van der Waals surface area (Å²) in [7, 11) is 3.72. The van der Waals surface area contributed by atoms with Crippen LogP contribution in [0.1, 0.15) is 11.4 Å². The van der Waals surface area contributed by atoms with E-state index in [0.717, 1.165) is 48.5 Å². The van der Waals surface area contributed by atoms with Gasteiger partial charge in [-0.1, -0.05) is 6.07 Å². The summed E-state index contributed by atoms with van der Waals surface area (Å²) in [5.74, 6) is 1.36. The molecule has 9 heteroatoms. The molecule has 32 heavy (non-hydrogen) atoms. The van der Waals surface area contributed by atoms with E-state index in [0.29, 0.717) is 43.2 Å². The standard InChI is InChI=1S/C23H28N6O3/c1-27-8-10-28(11-9-27)14-21(30)29-7-6-18-19(13-29)25-22(24-18)16-12-15-17(26-23(16)31)4-3-5-20(15)32-2/h3-5,12H,6-11,13-14H2,1-2H3,(H,24,25)(H,26,31). The van der Waals surface area contributed by atoms with Gasteiger partial charge in [0.15, 0.2) is 0 Å². The van der Waals surface area contributed by atoms with Crippen molar-refractivity contribution in [2.24, 2.45) is 0 Å². The van der Waals surface area contributed by atoms with Gasteiger partial charge in [-0.2, -0.15) is 0 Å². The average molecular weight is 437 g/mol. The molecule has 1 fully saturated rings. The number of rotatable bonds is 4. The zero-order valence-corrected chi connectivity index (χ0v) is 18.5. The molecule has 168 valence electrons. The van der Waals surface area contributed by atoms with Crippen LogP contribution in [-0.2, 0) is 17.8 Å². The van der Waals surface area contributed by atoms with Crippen molar-refractivity contribution in [3.05, 3.63) is 46.0 Å². The smallest absolute Gasteiger partial charge is 0.259 e. The van der Waals surface area contributed by atoms with E-state index >= 15 is 0 Å². The van der Waals surface area contributed by atoms with Gasteiger partial charge in [-0.3, -0.25) is 14.5 Å². The maximum atomic E-state index is 12.9. The third kappa shape index (κ3) is 3.89. The largest absolute Gasteiger partial charge is 0.496 e. The van der Waals surface area contributed by atoms with Crippen LogP contribution in [0.2, 0.25) is 0 Å². The number of ether oxygens (including phenoxy) is 1. The predicted octanol–water partition coefficient (Wildman–Crippen LogP) is 1.06. The minimum Gasteiger partial charge on any atom is -0.496 e. The Bertz CT molecular complexity index is 1210. The zero-order valence-electron chi connectivity index (χ0n) is 18.5. The van der Waals surface area contributed by atoms with Gasteiger partial charge in [0.05, 0.1) is 42.7 Å². The number of methoxy groups -OCH3 is 1. The number of hydrogen-bond donors (Lipinski definition) is 2. The van der Waals surface area contributed by atoms with E-state index in [9.17, 15) is 9.59 Å². The second kappa shape index (κ2) is 8.40. The summed E-state index contributed by atoms with van der Waals surface area (Å²) in [4.78, 5) is 42.9. The Balaban J connectivity index is 1.36. The van der Waals surface area contributed by atoms with Crippen LogP contribution in [0.15, 0.2) is 29.1 Å². The molecule has 1 amide bonds. The van der Waals surface area contributed by atoms with Crippen molar-refractivity contribution in [2.75, 3.05) is 53.4 Å². The maximum absolute atomic E-state index is 12.9. The molecule has 0 atom stereocenters. The topological polar surface area (TPSA) is 97.6 Å². The molecule has 0 unspecified atom stereocenters. The van der Waals surface area contributed by atoms with Crippen LogP contribution in [0, 0.1) is 0 Å². The number of amides is 1. The number of fused-ring (bicyclic) bond motifs is 2. The molecule has 0 saturated carbocycles. The van der Waals surface area contributed by atoms with Crippen LogP contribution in [-0.4, -0.2) is 89.0 Å². The Hall–Kier alpha value is -3.17. The molecule has 2 N–H and O–H groups in total. The Morgan fingerprint density at radius 1 is 1.16 bits per heavy atom. The quantitative estimate of drug-likeness (QED) is 0.635. The Kier molecular flexibility index (Phi) is 5.44. The van der Waals surface area contributed by atoms with Crippen molar-refractivity contribution in [1.29, 1.82) is 0 Å². The summed E-state index contributed by atoms with van der Waals surface area (Å²) in [6.45, 7) is 5.41.